The number of hydrogen-bond acceptors (Lipinski definition) is 16. The molecule has 4 rings (SSSR count). The molecule has 0 bridgehead atoms. The van der Waals surface area contributed by atoms with E-state index in [4.69, 9.17) is 28.4 Å². The molecule has 0 saturated carbocycles. The predicted octanol–water partition coefficient (Wildman–Crippen LogP) is 8.91. The van der Waals surface area contributed by atoms with E-state index in [1.54, 1.807) is 13.8 Å². The lowest BCUT2D eigenvalue weighted by Gasteiger charge is -2.34. The Morgan fingerprint density at radius 1 is 0.439 bits per heavy atom. The third-order valence-electron chi connectivity index (χ3n) is 11.4. The molecule has 2 amide bonds. The van der Waals surface area contributed by atoms with Gasteiger partial charge in [0.05, 0.1) is 24.3 Å². The number of anilines is 2. The highest BCUT2D eigenvalue weighted by molar-refractivity contribution is 7.17. The van der Waals surface area contributed by atoms with E-state index in [2.05, 4.69) is 10.6 Å². The number of carbonyl (C=O) groups is 8. The molecule has 0 fully saturated rings. The summed E-state index contributed by atoms with van der Waals surface area (Å²) in [6.07, 6.45) is 9.83. The first kappa shape index (κ1) is 53.8. The Bertz CT molecular complexity index is 1870. The zero-order valence-electron chi connectivity index (χ0n) is 39.4. The molecule has 0 spiro atoms. The van der Waals surface area contributed by atoms with Crippen LogP contribution in [0.3, 0.4) is 0 Å². The molecule has 2 heterocycles. The molecule has 0 saturated heterocycles. The first-order valence-electron chi connectivity index (χ1n) is 23.6. The second-order valence-corrected chi connectivity index (χ2v) is 18.9. The average Bonchev–Trinajstić information content (AvgIpc) is 3.75. The van der Waals surface area contributed by atoms with E-state index in [0.29, 0.717) is 25.7 Å². The molecule has 2 aliphatic rings. The van der Waals surface area contributed by atoms with Crippen molar-refractivity contribution in [1.82, 2.24) is 0 Å². The van der Waals surface area contributed by atoms with Gasteiger partial charge in [0.15, 0.2) is 12.2 Å². The monoisotopic (exact) mass is 960 g/mol. The van der Waals surface area contributed by atoms with Gasteiger partial charge in [0.25, 0.3) is 11.8 Å². The van der Waals surface area contributed by atoms with Crippen LogP contribution in [0.4, 0.5) is 10.0 Å². The summed E-state index contributed by atoms with van der Waals surface area (Å²) in [5.74, 6) is -7.70. The normalized spacial score (nSPS) is 17.0. The van der Waals surface area contributed by atoms with Gasteiger partial charge >= 0.3 is 35.8 Å². The summed E-state index contributed by atoms with van der Waals surface area (Å²) in [5, 5.41) is 5.65. The van der Waals surface area contributed by atoms with E-state index in [-0.39, 0.29) is 34.3 Å². The number of hydrogen-bond donors (Lipinski definition) is 2. The largest absolute Gasteiger partial charge is 0.462 e. The molecule has 2 N–H and O–H groups in total. The van der Waals surface area contributed by atoms with Crippen molar-refractivity contribution >= 4 is 80.3 Å². The van der Waals surface area contributed by atoms with Crippen molar-refractivity contribution in [1.29, 1.82) is 0 Å². The SMILES string of the molecule is CCOC(=O)c1c(NC(=O)C(OC(C)=O)C(OC(C)=O)C(OC(C)=O)C(OC(C)=O)C(=O)Nc2sc3c(c2C(=O)OCC)CCCCCCCCCC3)sc2c1CCCCCCCCCC2. The highest BCUT2D eigenvalue weighted by atomic mass is 32.1. The number of thiophene rings is 2. The minimum atomic E-state index is -2.16. The van der Waals surface area contributed by atoms with Crippen molar-refractivity contribution in [3.05, 3.63) is 32.0 Å². The maximum absolute atomic E-state index is 14.7. The minimum Gasteiger partial charge on any atom is -0.462 e. The van der Waals surface area contributed by atoms with Gasteiger partial charge in [0.2, 0.25) is 12.2 Å². The molecule has 4 unspecified atom stereocenters. The third kappa shape index (κ3) is 16.2. The van der Waals surface area contributed by atoms with Gasteiger partial charge in [-0.15, -0.1) is 22.7 Å². The Morgan fingerprint density at radius 3 is 1.02 bits per heavy atom. The van der Waals surface area contributed by atoms with Gasteiger partial charge in [0, 0.05) is 37.4 Å². The van der Waals surface area contributed by atoms with Crippen molar-refractivity contribution in [3.8, 4) is 0 Å². The quantitative estimate of drug-likeness (QED) is 0.126. The fourth-order valence-electron chi connectivity index (χ4n) is 8.52. The van der Waals surface area contributed by atoms with Crippen molar-refractivity contribution in [3.63, 3.8) is 0 Å². The molecule has 2 aromatic rings. The molecule has 4 atom stereocenters. The summed E-state index contributed by atoms with van der Waals surface area (Å²) in [5.41, 5.74) is 1.81. The predicted molar refractivity (Wildman–Crippen MR) is 249 cm³/mol. The summed E-state index contributed by atoms with van der Waals surface area (Å²) < 4.78 is 33.3. The highest BCUT2D eigenvalue weighted by Crippen LogP contribution is 2.39. The van der Waals surface area contributed by atoms with E-state index in [1.165, 1.54) is 22.7 Å². The number of esters is 6. The highest BCUT2D eigenvalue weighted by Gasteiger charge is 2.50. The summed E-state index contributed by atoms with van der Waals surface area (Å²) in [6, 6.07) is 0. The van der Waals surface area contributed by atoms with Crippen LogP contribution in [-0.4, -0.2) is 85.3 Å². The fraction of sp³-hybridized carbons (Fsp3) is 0.667. The van der Waals surface area contributed by atoms with Crippen LogP contribution in [0.15, 0.2) is 0 Å². The van der Waals surface area contributed by atoms with E-state index in [0.717, 1.165) is 151 Å². The Kier molecular flexibility index (Phi) is 22.6. The molecule has 2 aliphatic carbocycles. The topological polar surface area (TPSA) is 216 Å². The standard InChI is InChI=1S/C48H68N2O14S2/c1-7-59-47(57)37-33-25-21-17-13-9-11-15-19-23-27-35(33)65-45(37)49-43(55)41(63-31(5)53)39(61-29(3)51)40(62-30(4)52)42(64-32(6)54)44(56)50-46-38(48(58)60-8-2)34-26-22-18-14-10-12-16-20-24-28-36(34)66-46/h39-42H,7-28H2,1-6H3,(H,49,55)(H,50,56). The first-order chi connectivity index (χ1) is 31.7. The molecular formula is C48H68N2O14S2. The number of carbonyl (C=O) groups excluding carboxylic acids is 8. The lowest BCUT2D eigenvalue weighted by Crippen LogP contribution is -2.57. The molecule has 18 heteroatoms. The second-order valence-electron chi connectivity index (χ2n) is 16.7. The smallest absolute Gasteiger partial charge is 0.341 e. The maximum atomic E-state index is 14.7. The molecule has 0 aromatic carbocycles. The number of rotatable bonds is 15. The Morgan fingerprint density at radius 2 is 0.727 bits per heavy atom. The molecule has 66 heavy (non-hydrogen) atoms. The van der Waals surface area contributed by atoms with Crippen LogP contribution >= 0.6 is 22.7 Å². The van der Waals surface area contributed by atoms with Crippen molar-refractivity contribution in [2.45, 2.75) is 194 Å². The zero-order valence-corrected chi connectivity index (χ0v) is 41.0. The molecule has 2 aromatic heterocycles. The fourth-order valence-corrected chi connectivity index (χ4v) is 11.1. The summed E-state index contributed by atoms with van der Waals surface area (Å²) in [4.78, 5) is 110. The van der Waals surface area contributed by atoms with Crippen LogP contribution in [0.5, 0.6) is 0 Å². The third-order valence-corrected chi connectivity index (χ3v) is 13.8. The molecule has 16 nitrogen and oxygen atoms in total. The van der Waals surface area contributed by atoms with Gasteiger partial charge in [-0.1, -0.05) is 77.0 Å². The van der Waals surface area contributed by atoms with Gasteiger partial charge in [-0.25, -0.2) is 9.59 Å². The minimum absolute atomic E-state index is 0.0560. The lowest BCUT2D eigenvalue weighted by molar-refractivity contribution is -0.198. The van der Waals surface area contributed by atoms with Crippen LogP contribution in [0.25, 0.3) is 0 Å². The number of ether oxygens (including phenoxy) is 6. The van der Waals surface area contributed by atoms with Crippen molar-refractivity contribution in [2.24, 2.45) is 0 Å². The van der Waals surface area contributed by atoms with Crippen LogP contribution in [0, 0.1) is 0 Å². The number of aryl methyl sites for hydroxylation is 2. The van der Waals surface area contributed by atoms with Gasteiger partial charge in [0.1, 0.15) is 10.0 Å². The summed E-state index contributed by atoms with van der Waals surface area (Å²) >= 11 is 2.37. The maximum Gasteiger partial charge on any atom is 0.341 e. The summed E-state index contributed by atoms with van der Waals surface area (Å²) in [7, 11) is 0. The van der Waals surface area contributed by atoms with E-state index in [9.17, 15) is 38.4 Å². The first-order valence-corrected chi connectivity index (χ1v) is 25.2. The average molecular weight is 961 g/mol. The Balaban J connectivity index is 1.83. The van der Waals surface area contributed by atoms with E-state index >= 15 is 0 Å². The van der Waals surface area contributed by atoms with Crippen LogP contribution < -0.4 is 10.6 Å². The molecule has 0 radical (unpaired) electrons. The number of nitrogens with one attached hydrogen (secondary N) is 2. The lowest BCUT2D eigenvalue weighted by atomic mass is 9.97. The Labute approximate surface area is 395 Å². The molecule has 366 valence electrons. The van der Waals surface area contributed by atoms with Gasteiger partial charge in [-0.05, 0) is 76.3 Å². The van der Waals surface area contributed by atoms with Crippen molar-refractivity contribution < 1.29 is 66.8 Å². The van der Waals surface area contributed by atoms with Crippen LogP contribution in [0.2, 0.25) is 0 Å². The van der Waals surface area contributed by atoms with Crippen LogP contribution in [0.1, 0.15) is 186 Å². The van der Waals surface area contributed by atoms with E-state index < -0.39 is 72.0 Å². The van der Waals surface area contributed by atoms with Gasteiger partial charge in [-0.2, -0.15) is 0 Å². The number of fused-ring (bicyclic) bond motifs is 2. The zero-order chi connectivity index (χ0) is 48.2. The van der Waals surface area contributed by atoms with Crippen molar-refractivity contribution in [2.75, 3.05) is 23.8 Å². The molecular weight excluding hydrogens is 893 g/mol. The van der Waals surface area contributed by atoms with Crippen LogP contribution in [-0.2, 0) is 82.9 Å². The molecule has 0 aliphatic heterocycles. The van der Waals surface area contributed by atoms with Gasteiger partial charge < -0.3 is 39.1 Å². The van der Waals surface area contributed by atoms with E-state index in [1.807, 2.05) is 0 Å². The Hall–Kier alpha value is -4.84. The van der Waals surface area contributed by atoms with Gasteiger partial charge in [-0.3, -0.25) is 28.8 Å². The second kappa shape index (κ2) is 27.7. The summed E-state index contributed by atoms with van der Waals surface area (Å²) in [6.45, 7) is 7.39. The number of amides is 2.